The van der Waals surface area contributed by atoms with Crippen molar-refractivity contribution in [2.24, 2.45) is 0 Å². The predicted molar refractivity (Wildman–Crippen MR) is 188 cm³/mol. The van der Waals surface area contributed by atoms with E-state index in [0.717, 1.165) is 59.1 Å². The second-order valence-corrected chi connectivity index (χ2v) is 12.8. The summed E-state index contributed by atoms with van der Waals surface area (Å²) < 4.78 is 7.03. The molecule has 1 fully saturated rings. The number of methoxy groups -OCH3 is 1. The van der Waals surface area contributed by atoms with Gasteiger partial charge in [0.1, 0.15) is 12.3 Å². The number of fused-ring (bicyclic) bond motifs is 1. The van der Waals surface area contributed by atoms with E-state index in [2.05, 4.69) is 27.8 Å². The first-order chi connectivity index (χ1) is 23.5. The number of thiophene rings is 1. The standard InChI is InChI=1S/C37H35N7O3S/c1-47-24-34(46)43-19-15-26(16-20-43)25-10-12-28(13-11-25)40-37-38-17-14-31(41-37)36-35(42-32-9-2-3-18-44(32)36)27-6-4-7-29(22-27)39-33(45)23-30-8-5-21-48-30/h2-14,17-18,21-22,26H,15-16,19-20,23-24H2,1H3,(H,39,45)(H,38,40,41). The molecule has 0 saturated carbocycles. The minimum Gasteiger partial charge on any atom is -0.375 e. The Morgan fingerprint density at radius 2 is 1.79 bits per heavy atom. The lowest BCUT2D eigenvalue weighted by molar-refractivity contribution is -0.136. The highest BCUT2D eigenvalue weighted by Gasteiger charge is 2.24. The Bertz CT molecular complexity index is 2030. The Morgan fingerprint density at radius 3 is 2.58 bits per heavy atom. The van der Waals surface area contributed by atoms with Crippen molar-refractivity contribution in [2.45, 2.75) is 25.2 Å². The molecule has 2 amide bonds. The van der Waals surface area contributed by atoms with E-state index in [1.54, 1.807) is 24.6 Å². The molecule has 0 atom stereocenters. The summed E-state index contributed by atoms with van der Waals surface area (Å²) in [6.07, 6.45) is 5.90. The predicted octanol–water partition coefficient (Wildman–Crippen LogP) is 6.80. The lowest BCUT2D eigenvalue weighted by atomic mass is 9.89. The lowest BCUT2D eigenvalue weighted by Crippen LogP contribution is -2.39. The quantitative estimate of drug-likeness (QED) is 0.167. The number of nitrogens with one attached hydrogen (secondary N) is 2. The second-order valence-electron chi connectivity index (χ2n) is 11.7. The molecule has 0 spiro atoms. The Hall–Kier alpha value is -5.39. The topological polar surface area (TPSA) is 114 Å². The first-order valence-electron chi connectivity index (χ1n) is 15.9. The van der Waals surface area contributed by atoms with Gasteiger partial charge in [-0.25, -0.2) is 15.0 Å². The Balaban J connectivity index is 1.10. The molecule has 2 N–H and O–H groups in total. The molecule has 0 bridgehead atoms. The molecule has 11 heteroatoms. The average Bonchev–Trinajstić information content (AvgIpc) is 3.77. The Labute approximate surface area is 282 Å². The molecule has 1 aliphatic heterocycles. The number of pyridine rings is 1. The number of anilines is 3. The number of likely N-dealkylation sites (tertiary alicyclic amines) is 1. The zero-order valence-corrected chi connectivity index (χ0v) is 27.3. The van der Waals surface area contributed by atoms with Crippen molar-refractivity contribution in [1.29, 1.82) is 0 Å². The Kier molecular flexibility index (Phi) is 9.21. The molecule has 1 aliphatic rings. The zero-order chi connectivity index (χ0) is 32.9. The van der Waals surface area contributed by atoms with E-state index in [4.69, 9.17) is 14.7 Å². The van der Waals surface area contributed by atoms with E-state index in [9.17, 15) is 9.59 Å². The van der Waals surface area contributed by atoms with Crippen molar-refractivity contribution in [3.8, 4) is 22.6 Å². The van der Waals surface area contributed by atoms with Gasteiger partial charge in [-0.15, -0.1) is 11.3 Å². The van der Waals surface area contributed by atoms with Gasteiger partial charge in [-0.2, -0.15) is 0 Å². The lowest BCUT2D eigenvalue weighted by Gasteiger charge is -2.32. The third-order valence-electron chi connectivity index (χ3n) is 8.52. The van der Waals surface area contributed by atoms with Crippen LogP contribution in [-0.4, -0.2) is 62.9 Å². The first kappa shape index (κ1) is 31.2. The summed E-state index contributed by atoms with van der Waals surface area (Å²) in [5.41, 5.74) is 6.77. The zero-order valence-electron chi connectivity index (χ0n) is 26.5. The monoisotopic (exact) mass is 657 g/mol. The van der Waals surface area contributed by atoms with E-state index < -0.39 is 0 Å². The summed E-state index contributed by atoms with van der Waals surface area (Å²) in [4.78, 5) is 42.2. The van der Waals surface area contributed by atoms with Gasteiger partial charge in [-0.3, -0.25) is 14.0 Å². The van der Waals surface area contributed by atoms with Gasteiger partial charge in [0.05, 0.1) is 23.5 Å². The molecule has 6 aromatic rings. The number of carbonyl (C=O) groups excluding carboxylic acids is 2. The van der Waals surface area contributed by atoms with Crippen LogP contribution in [0.4, 0.5) is 17.3 Å². The molecule has 0 aliphatic carbocycles. The highest BCUT2D eigenvalue weighted by Crippen LogP contribution is 2.34. The van der Waals surface area contributed by atoms with E-state index >= 15 is 0 Å². The number of ether oxygens (including phenoxy) is 1. The number of carbonyl (C=O) groups is 2. The van der Waals surface area contributed by atoms with Crippen LogP contribution in [0.1, 0.15) is 29.2 Å². The third kappa shape index (κ3) is 6.97. The molecule has 2 aromatic carbocycles. The number of nitrogens with zero attached hydrogens (tertiary/aromatic N) is 5. The fraction of sp³-hybridized carbons (Fsp3) is 0.216. The van der Waals surface area contributed by atoms with Crippen molar-refractivity contribution >= 4 is 46.1 Å². The number of amides is 2. The van der Waals surface area contributed by atoms with E-state index in [1.807, 2.05) is 93.7 Å². The number of piperidine rings is 1. The highest BCUT2D eigenvalue weighted by molar-refractivity contribution is 7.10. The van der Waals surface area contributed by atoms with Gasteiger partial charge in [0.2, 0.25) is 17.8 Å². The van der Waals surface area contributed by atoms with Gasteiger partial charge >= 0.3 is 0 Å². The maximum Gasteiger partial charge on any atom is 0.248 e. The minimum atomic E-state index is -0.0656. The average molecular weight is 658 g/mol. The van der Waals surface area contributed by atoms with E-state index in [0.29, 0.717) is 29.7 Å². The van der Waals surface area contributed by atoms with Crippen LogP contribution in [0.5, 0.6) is 0 Å². The van der Waals surface area contributed by atoms with Crippen molar-refractivity contribution in [2.75, 3.05) is 37.4 Å². The molecule has 0 radical (unpaired) electrons. The molecule has 5 heterocycles. The molecule has 1 saturated heterocycles. The third-order valence-corrected chi connectivity index (χ3v) is 9.39. The summed E-state index contributed by atoms with van der Waals surface area (Å²) in [5.74, 6) is 0.865. The van der Waals surface area contributed by atoms with Crippen LogP contribution in [0.25, 0.3) is 28.3 Å². The summed E-state index contributed by atoms with van der Waals surface area (Å²) in [7, 11) is 1.55. The summed E-state index contributed by atoms with van der Waals surface area (Å²) in [6.45, 7) is 1.62. The smallest absolute Gasteiger partial charge is 0.248 e. The fourth-order valence-electron chi connectivity index (χ4n) is 6.16. The van der Waals surface area contributed by atoms with Crippen LogP contribution in [-0.2, 0) is 20.7 Å². The number of rotatable bonds is 10. The van der Waals surface area contributed by atoms with Gasteiger partial charge in [-0.05, 0) is 78.2 Å². The number of hydrogen-bond acceptors (Lipinski definition) is 8. The van der Waals surface area contributed by atoms with Gasteiger partial charge in [0.15, 0.2) is 0 Å². The molecular formula is C37H35N7O3S. The van der Waals surface area contributed by atoms with Crippen LogP contribution >= 0.6 is 11.3 Å². The summed E-state index contributed by atoms with van der Waals surface area (Å²) in [5, 5.41) is 8.37. The van der Waals surface area contributed by atoms with Gasteiger partial charge in [0.25, 0.3) is 0 Å². The number of benzene rings is 2. The van der Waals surface area contributed by atoms with Gasteiger partial charge in [-0.1, -0.05) is 36.4 Å². The largest absolute Gasteiger partial charge is 0.375 e. The van der Waals surface area contributed by atoms with Gasteiger partial charge < -0.3 is 20.3 Å². The van der Waals surface area contributed by atoms with Crippen molar-refractivity contribution in [3.63, 3.8) is 0 Å². The van der Waals surface area contributed by atoms with Crippen LogP contribution in [0.2, 0.25) is 0 Å². The number of imidazole rings is 1. The summed E-state index contributed by atoms with van der Waals surface area (Å²) >= 11 is 1.57. The van der Waals surface area contributed by atoms with E-state index in [-0.39, 0.29) is 18.4 Å². The van der Waals surface area contributed by atoms with Crippen LogP contribution in [0.3, 0.4) is 0 Å². The fourth-order valence-corrected chi connectivity index (χ4v) is 6.86. The second kappa shape index (κ2) is 14.2. The number of aromatic nitrogens is 4. The molecular weight excluding hydrogens is 623 g/mol. The molecule has 242 valence electrons. The van der Waals surface area contributed by atoms with Crippen LogP contribution < -0.4 is 10.6 Å². The normalized spacial score (nSPS) is 13.5. The van der Waals surface area contributed by atoms with Crippen molar-refractivity contribution in [3.05, 3.63) is 113 Å². The molecule has 7 rings (SSSR count). The van der Waals surface area contributed by atoms with Gasteiger partial charge in [0, 0.05) is 54.4 Å². The van der Waals surface area contributed by atoms with Crippen LogP contribution in [0, 0.1) is 0 Å². The first-order valence-corrected chi connectivity index (χ1v) is 16.8. The Morgan fingerprint density at radius 1 is 0.938 bits per heavy atom. The molecule has 4 aromatic heterocycles. The maximum absolute atomic E-state index is 12.7. The number of hydrogen-bond donors (Lipinski definition) is 2. The van der Waals surface area contributed by atoms with E-state index in [1.165, 1.54) is 5.56 Å². The minimum absolute atomic E-state index is 0.0521. The highest BCUT2D eigenvalue weighted by atomic mass is 32.1. The molecule has 10 nitrogen and oxygen atoms in total. The molecule has 48 heavy (non-hydrogen) atoms. The SMILES string of the molecule is COCC(=O)N1CCC(c2ccc(Nc3nccc(-c4c(-c5cccc(NC(=O)Cc6cccs6)c5)nc5ccccn45)n3)cc2)CC1. The van der Waals surface area contributed by atoms with Crippen molar-refractivity contribution in [1.82, 2.24) is 24.3 Å². The molecule has 0 unspecified atom stereocenters. The summed E-state index contributed by atoms with van der Waals surface area (Å²) in [6, 6.07) is 27.8. The van der Waals surface area contributed by atoms with Crippen molar-refractivity contribution < 1.29 is 14.3 Å². The van der Waals surface area contributed by atoms with Crippen LogP contribution in [0.15, 0.2) is 103 Å². The maximum atomic E-state index is 12.7.